The van der Waals surface area contributed by atoms with Crippen molar-refractivity contribution in [1.82, 2.24) is 0 Å². The predicted octanol–water partition coefficient (Wildman–Crippen LogP) is -0.418. The summed E-state index contributed by atoms with van der Waals surface area (Å²) in [6.07, 6.45) is 0. The van der Waals surface area contributed by atoms with Gasteiger partial charge in [0, 0.05) is 11.5 Å². The first kappa shape index (κ1) is 14.6. The molecule has 0 aliphatic heterocycles. The maximum atomic E-state index is 10.6. The van der Waals surface area contributed by atoms with E-state index in [-0.39, 0.29) is 11.5 Å². The molecule has 0 saturated heterocycles. The first-order valence-electron chi connectivity index (χ1n) is 4.02. The summed E-state index contributed by atoms with van der Waals surface area (Å²) in [4.78, 5) is 20.9. The first-order valence-corrected chi connectivity index (χ1v) is 6.51. The largest absolute Gasteiger partial charge is 0.480 e. The zero-order valence-corrected chi connectivity index (χ0v) is 9.81. The SMILES string of the molecule is CC(N)(CSSCC(N)C(=O)O)C(=O)O. The molecule has 0 aliphatic rings. The summed E-state index contributed by atoms with van der Waals surface area (Å²) in [6, 6.07) is -0.934. The van der Waals surface area contributed by atoms with Crippen molar-refractivity contribution in [2.45, 2.75) is 18.5 Å². The Bertz CT molecular complexity index is 247. The number of carboxylic acid groups (broad SMARTS) is 2. The van der Waals surface area contributed by atoms with Crippen LogP contribution in [0.2, 0.25) is 0 Å². The van der Waals surface area contributed by atoms with Crippen molar-refractivity contribution in [3.63, 3.8) is 0 Å². The van der Waals surface area contributed by atoms with E-state index in [2.05, 4.69) is 0 Å². The quantitative estimate of drug-likeness (QED) is 0.356. The summed E-state index contributed by atoms with van der Waals surface area (Å²) in [7, 11) is 2.40. The molecule has 6 nitrogen and oxygen atoms in total. The molecule has 88 valence electrons. The standard InChI is InChI=1S/C7H14N2O4S2/c1-7(9,6(12)13)3-15-14-2-4(8)5(10)11/h4H,2-3,8-9H2,1H3,(H,10,11)(H,12,13). The van der Waals surface area contributed by atoms with Gasteiger partial charge < -0.3 is 21.7 Å². The Labute approximate surface area is 95.2 Å². The van der Waals surface area contributed by atoms with Gasteiger partial charge in [0.1, 0.15) is 11.6 Å². The molecule has 0 aliphatic carbocycles. The molecule has 0 heterocycles. The van der Waals surface area contributed by atoms with Crippen LogP contribution in [0.15, 0.2) is 0 Å². The van der Waals surface area contributed by atoms with Crippen LogP contribution in [0.1, 0.15) is 6.92 Å². The van der Waals surface area contributed by atoms with E-state index in [1.165, 1.54) is 28.5 Å². The minimum atomic E-state index is -1.30. The number of hydrogen-bond donors (Lipinski definition) is 4. The molecule has 6 N–H and O–H groups in total. The first-order chi connectivity index (χ1) is 6.77. The molecule has 15 heavy (non-hydrogen) atoms. The molecule has 2 atom stereocenters. The van der Waals surface area contributed by atoms with Crippen molar-refractivity contribution >= 4 is 33.5 Å². The number of carbonyl (C=O) groups is 2. The van der Waals surface area contributed by atoms with E-state index in [1.54, 1.807) is 0 Å². The minimum absolute atomic E-state index is 0.194. The molecule has 0 amide bonds. The zero-order valence-electron chi connectivity index (χ0n) is 8.17. The Morgan fingerprint density at radius 3 is 2.33 bits per heavy atom. The average molecular weight is 254 g/mol. The van der Waals surface area contributed by atoms with Gasteiger partial charge in [-0.25, -0.2) is 0 Å². The molecule has 2 unspecified atom stereocenters. The van der Waals surface area contributed by atoms with Crippen LogP contribution in [0.3, 0.4) is 0 Å². The molecule has 0 aromatic heterocycles. The van der Waals surface area contributed by atoms with Crippen LogP contribution in [-0.4, -0.2) is 45.2 Å². The van der Waals surface area contributed by atoms with Crippen molar-refractivity contribution in [3.8, 4) is 0 Å². The maximum absolute atomic E-state index is 10.6. The van der Waals surface area contributed by atoms with E-state index < -0.39 is 23.5 Å². The number of nitrogens with two attached hydrogens (primary N) is 2. The number of carboxylic acids is 2. The Morgan fingerprint density at radius 1 is 1.40 bits per heavy atom. The third-order valence-electron chi connectivity index (χ3n) is 1.50. The number of hydrogen-bond acceptors (Lipinski definition) is 6. The smallest absolute Gasteiger partial charge is 0.324 e. The third-order valence-corrected chi connectivity index (χ3v) is 4.14. The molecule has 0 bridgehead atoms. The van der Waals surface area contributed by atoms with Gasteiger partial charge in [0.05, 0.1) is 0 Å². The number of aliphatic carboxylic acids is 2. The summed E-state index contributed by atoms with van der Waals surface area (Å²) in [5.41, 5.74) is 9.40. The highest BCUT2D eigenvalue weighted by Crippen LogP contribution is 2.25. The van der Waals surface area contributed by atoms with E-state index in [0.717, 1.165) is 0 Å². The van der Waals surface area contributed by atoms with E-state index in [1.807, 2.05) is 0 Å². The van der Waals surface area contributed by atoms with Gasteiger partial charge >= 0.3 is 11.9 Å². The minimum Gasteiger partial charge on any atom is -0.480 e. The predicted molar refractivity (Wildman–Crippen MR) is 60.8 cm³/mol. The van der Waals surface area contributed by atoms with Crippen LogP contribution in [0, 0.1) is 0 Å². The fourth-order valence-corrected chi connectivity index (χ4v) is 2.97. The molecule has 0 saturated carbocycles. The molecular formula is C7H14N2O4S2. The van der Waals surface area contributed by atoms with E-state index in [4.69, 9.17) is 21.7 Å². The van der Waals surface area contributed by atoms with Crippen LogP contribution in [0.5, 0.6) is 0 Å². The highest BCUT2D eigenvalue weighted by Gasteiger charge is 2.27. The fraction of sp³-hybridized carbons (Fsp3) is 0.714. The lowest BCUT2D eigenvalue weighted by atomic mass is 10.1. The summed E-state index contributed by atoms with van der Waals surface area (Å²) >= 11 is 0. The Morgan fingerprint density at radius 2 is 1.93 bits per heavy atom. The monoisotopic (exact) mass is 254 g/mol. The average Bonchev–Trinajstić information content (AvgIpc) is 2.11. The van der Waals surface area contributed by atoms with Crippen LogP contribution < -0.4 is 11.5 Å². The Kier molecular flexibility index (Phi) is 6.03. The van der Waals surface area contributed by atoms with E-state index >= 15 is 0 Å². The summed E-state index contributed by atoms with van der Waals surface area (Å²) < 4.78 is 0. The van der Waals surface area contributed by atoms with Gasteiger partial charge in [0.25, 0.3) is 0 Å². The van der Waals surface area contributed by atoms with Gasteiger partial charge in [0.2, 0.25) is 0 Å². The van der Waals surface area contributed by atoms with Crippen molar-refractivity contribution < 1.29 is 19.8 Å². The van der Waals surface area contributed by atoms with Gasteiger partial charge in [0.15, 0.2) is 0 Å². The lowest BCUT2D eigenvalue weighted by Gasteiger charge is -2.17. The molecule has 8 heteroatoms. The van der Waals surface area contributed by atoms with Crippen LogP contribution in [0.25, 0.3) is 0 Å². The van der Waals surface area contributed by atoms with Gasteiger partial charge in [-0.05, 0) is 6.92 Å². The van der Waals surface area contributed by atoms with Crippen LogP contribution in [0.4, 0.5) is 0 Å². The normalized spacial score (nSPS) is 16.7. The highest BCUT2D eigenvalue weighted by molar-refractivity contribution is 8.76. The second-order valence-electron chi connectivity index (χ2n) is 3.21. The Balaban J connectivity index is 3.72. The molecule has 0 aromatic carbocycles. The lowest BCUT2D eigenvalue weighted by Crippen LogP contribution is -2.47. The molecule has 0 fully saturated rings. The van der Waals surface area contributed by atoms with E-state index in [9.17, 15) is 9.59 Å². The van der Waals surface area contributed by atoms with Gasteiger partial charge in [-0.1, -0.05) is 21.6 Å². The van der Waals surface area contributed by atoms with Crippen LogP contribution in [-0.2, 0) is 9.59 Å². The molecule has 0 radical (unpaired) electrons. The highest BCUT2D eigenvalue weighted by atomic mass is 33.1. The summed E-state index contributed by atoms with van der Waals surface area (Å²) in [5.74, 6) is -1.75. The van der Waals surface area contributed by atoms with Crippen molar-refractivity contribution in [3.05, 3.63) is 0 Å². The second-order valence-corrected chi connectivity index (χ2v) is 5.72. The molecular weight excluding hydrogens is 240 g/mol. The third kappa shape index (κ3) is 5.88. The van der Waals surface area contributed by atoms with Gasteiger partial charge in [-0.2, -0.15) is 0 Å². The maximum Gasteiger partial charge on any atom is 0.324 e. The van der Waals surface area contributed by atoms with Crippen molar-refractivity contribution in [2.24, 2.45) is 11.5 Å². The summed E-state index contributed by atoms with van der Waals surface area (Å²) in [6.45, 7) is 1.40. The van der Waals surface area contributed by atoms with Gasteiger partial charge in [-0.15, -0.1) is 0 Å². The number of rotatable bonds is 7. The fourth-order valence-electron chi connectivity index (χ4n) is 0.419. The zero-order chi connectivity index (χ0) is 12.1. The van der Waals surface area contributed by atoms with Crippen molar-refractivity contribution in [2.75, 3.05) is 11.5 Å². The Hall–Kier alpha value is -0.440. The topological polar surface area (TPSA) is 127 Å². The second kappa shape index (κ2) is 6.21. The van der Waals surface area contributed by atoms with E-state index in [0.29, 0.717) is 0 Å². The summed E-state index contributed by atoms with van der Waals surface area (Å²) in [5, 5.41) is 17.1. The molecule has 0 aromatic rings. The molecule has 0 spiro atoms. The van der Waals surface area contributed by atoms with Crippen LogP contribution >= 0.6 is 21.6 Å². The molecule has 0 rings (SSSR count). The van der Waals surface area contributed by atoms with Gasteiger partial charge in [-0.3, -0.25) is 9.59 Å². The van der Waals surface area contributed by atoms with Crippen molar-refractivity contribution in [1.29, 1.82) is 0 Å². The lowest BCUT2D eigenvalue weighted by molar-refractivity contribution is -0.141.